The Balaban J connectivity index is 2.14. The van der Waals surface area contributed by atoms with E-state index < -0.39 is 0 Å². The summed E-state index contributed by atoms with van der Waals surface area (Å²) >= 11 is 6.61. The van der Waals surface area contributed by atoms with Crippen molar-refractivity contribution in [3.8, 4) is 0 Å². The van der Waals surface area contributed by atoms with E-state index in [9.17, 15) is 0 Å². The summed E-state index contributed by atoms with van der Waals surface area (Å²) in [7, 11) is 0. The number of rotatable bonds is 6. The Morgan fingerprint density at radius 1 is 1.32 bits per heavy atom. The normalized spacial score (nSPS) is 11.1. The van der Waals surface area contributed by atoms with Gasteiger partial charge >= 0.3 is 0 Å². The number of unbranched alkanes of at least 4 members (excludes halogenated alkanes) is 2. The summed E-state index contributed by atoms with van der Waals surface area (Å²) in [6, 6.07) is 0. The highest BCUT2D eigenvalue weighted by molar-refractivity contribution is 7.73. The summed E-state index contributed by atoms with van der Waals surface area (Å²) in [4.78, 5) is 0. The number of aromatic amines is 1. The number of hydrogen-bond donors (Lipinski definition) is 1. The van der Waals surface area contributed by atoms with Crippen molar-refractivity contribution in [2.24, 2.45) is 0 Å². The van der Waals surface area contributed by atoms with Crippen LogP contribution in [0, 0.1) is 17.8 Å². The van der Waals surface area contributed by atoms with Crippen molar-refractivity contribution in [2.75, 3.05) is 0 Å². The lowest BCUT2D eigenvalue weighted by molar-refractivity contribution is 0.539. The quantitative estimate of drug-likeness (QED) is 0.651. The third kappa shape index (κ3) is 3.51. The van der Waals surface area contributed by atoms with Crippen LogP contribution in [0.5, 0.6) is 0 Å². The van der Waals surface area contributed by atoms with Gasteiger partial charge in [-0.15, -0.1) is 0 Å². The standard InChI is InChI=1S/C13H20N4S2/c1-4-5-6-7-17-10(3)11(9(2)16-17)8-12-14-15-13(18)19-12/h4-8H2,1-3H3,(H,15,18). The molecular formula is C13H20N4S2. The SMILES string of the molecule is CCCCCn1nc(C)c(Cc2n[nH]c(=S)s2)c1C. The van der Waals surface area contributed by atoms with Gasteiger partial charge in [-0.25, -0.2) is 0 Å². The molecular weight excluding hydrogens is 276 g/mol. The Bertz CT molecular complexity index is 594. The molecule has 0 aromatic carbocycles. The lowest BCUT2D eigenvalue weighted by atomic mass is 10.1. The van der Waals surface area contributed by atoms with Crippen LogP contribution in [0.2, 0.25) is 0 Å². The molecule has 19 heavy (non-hydrogen) atoms. The van der Waals surface area contributed by atoms with Crippen molar-refractivity contribution >= 4 is 23.6 Å². The molecule has 104 valence electrons. The van der Waals surface area contributed by atoms with E-state index in [0.717, 1.165) is 27.6 Å². The minimum atomic E-state index is 0.737. The van der Waals surface area contributed by atoms with E-state index in [0.29, 0.717) is 0 Å². The number of aromatic nitrogens is 4. The first-order valence-electron chi connectivity index (χ1n) is 6.69. The number of nitrogens with one attached hydrogen (secondary N) is 1. The maximum absolute atomic E-state index is 5.07. The lowest BCUT2D eigenvalue weighted by Crippen LogP contribution is -2.03. The van der Waals surface area contributed by atoms with Crippen LogP contribution in [-0.4, -0.2) is 20.0 Å². The van der Waals surface area contributed by atoms with Crippen LogP contribution in [-0.2, 0) is 13.0 Å². The second-order valence-electron chi connectivity index (χ2n) is 4.76. The molecule has 0 aliphatic heterocycles. The molecule has 0 amide bonds. The topological polar surface area (TPSA) is 46.5 Å². The fourth-order valence-corrected chi connectivity index (χ4v) is 3.15. The molecule has 0 atom stereocenters. The molecule has 0 saturated carbocycles. The molecule has 2 rings (SSSR count). The predicted octanol–water partition coefficient (Wildman–Crippen LogP) is 3.80. The summed E-state index contributed by atoms with van der Waals surface area (Å²) in [6.45, 7) is 7.45. The zero-order valence-corrected chi connectivity index (χ0v) is 13.3. The fourth-order valence-electron chi connectivity index (χ4n) is 2.21. The van der Waals surface area contributed by atoms with E-state index in [1.165, 1.54) is 30.5 Å². The smallest absolute Gasteiger partial charge is 0.176 e. The van der Waals surface area contributed by atoms with E-state index in [1.807, 2.05) is 0 Å². The predicted molar refractivity (Wildman–Crippen MR) is 81.3 cm³/mol. The summed E-state index contributed by atoms with van der Waals surface area (Å²) in [5, 5.41) is 12.7. The van der Waals surface area contributed by atoms with Gasteiger partial charge < -0.3 is 0 Å². The number of H-pyrrole nitrogens is 1. The Kier molecular flexibility index (Phi) is 4.87. The van der Waals surface area contributed by atoms with Gasteiger partial charge in [0.25, 0.3) is 0 Å². The monoisotopic (exact) mass is 296 g/mol. The third-order valence-electron chi connectivity index (χ3n) is 3.32. The van der Waals surface area contributed by atoms with E-state index in [-0.39, 0.29) is 0 Å². The Morgan fingerprint density at radius 3 is 2.74 bits per heavy atom. The molecule has 0 aliphatic rings. The van der Waals surface area contributed by atoms with Crippen molar-refractivity contribution in [3.63, 3.8) is 0 Å². The van der Waals surface area contributed by atoms with Crippen LogP contribution in [0.1, 0.15) is 48.1 Å². The summed E-state index contributed by atoms with van der Waals surface area (Å²) in [6.07, 6.45) is 4.51. The minimum absolute atomic E-state index is 0.737. The number of nitrogens with zero attached hydrogens (tertiary/aromatic N) is 3. The molecule has 0 bridgehead atoms. The van der Waals surface area contributed by atoms with E-state index in [2.05, 4.69) is 40.7 Å². The highest BCUT2D eigenvalue weighted by Gasteiger charge is 2.13. The van der Waals surface area contributed by atoms with Gasteiger partial charge in [-0.05, 0) is 32.5 Å². The van der Waals surface area contributed by atoms with Crippen molar-refractivity contribution in [1.82, 2.24) is 20.0 Å². The van der Waals surface area contributed by atoms with Crippen LogP contribution in [0.3, 0.4) is 0 Å². The van der Waals surface area contributed by atoms with Gasteiger partial charge in [-0.3, -0.25) is 9.78 Å². The first-order valence-corrected chi connectivity index (χ1v) is 7.91. The maximum Gasteiger partial charge on any atom is 0.176 e. The molecule has 0 fully saturated rings. The average Bonchev–Trinajstić information content (AvgIpc) is 2.89. The summed E-state index contributed by atoms with van der Waals surface area (Å²) < 4.78 is 2.87. The Morgan fingerprint density at radius 2 is 2.11 bits per heavy atom. The third-order valence-corrected chi connectivity index (χ3v) is 4.40. The van der Waals surface area contributed by atoms with Crippen molar-refractivity contribution < 1.29 is 0 Å². The Hall–Kier alpha value is -1.01. The first kappa shape index (κ1) is 14.4. The van der Waals surface area contributed by atoms with Crippen LogP contribution >= 0.6 is 23.6 Å². The van der Waals surface area contributed by atoms with Gasteiger partial charge in [0, 0.05) is 24.2 Å². The summed E-state index contributed by atoms with van der Waals surface area (Å²) in [5.41, 5.74) is 3.65. The molecule has 0 saturated heterocycles. The van der Waals surface area contributed by atoms with Gasteiger partial charge in [-0.2, -0.15) is 10.2 Å². The van der Waals surface area contributed by atoms with Crippen LogP contribution in [0.4, 0.5) is 0 Å². The van der Waals surface area contributed by atoms with Crippen LogP contribution in [0.15, 0.2) is 0 Å². The van der Waals surface area contributed by atoms with Gasteiger partial charge in [0.15, 0.2) is 3.95 Å². The van der Waals surface area contributed by atoms with Crippen molar-refractivity contribution in [3.05, 3.63) is 25.9 Å². The molecule has 6 heteroatoms. The molecule has 0 aliphatic carbocycles. The minimum Gasteiger partial charge on any atom is -0.269 e. The molecule has 1 N–H and O–H groups in total. The molecule has 2 aromatic rings. The number of hydrogen-bond acceptors (Lipinski definition) is 4. The second kappa shape index (κ2) is 6.43. The number of aryl methyl sites for hydroxylation is 2. The van der Waals surface area contributed by atoms with Gasteiger partial charge in [-0.1, -0.05) is 31.1 Å². The van der Waals surface area contributed by atoms with Gasteiger partial charge in [0.1, 0.15) is 5.01 Å². The largest absolute Gasteiger partial charge is 0.269 e. The molecule has 0 unspecified atom stereocenters. The van der Waals surface area contributed by atoms with Gasteiger partial charge in [0.05, 0.1) is 5.69 Å². The van der Waals surface area contributed by atoms with E-state index >= 15 is 0 Å². The molecule has 0 spiro atoms. The van der Waals surface area contributed by atoms with Crippen LogP contribution < -0.4 is 0 Å². The highest BCUT2D eigenvalue weighted by Crippen LogP contribution is 2.19. The van der Waals surface area contributed by atoms with Crippen LogP contribution in [0.25, 0.3) is 0 Å². The van der Waals surface area contributed by atoms with Gasteiger partial charge in [0.2, 0.25) is 0 Å². The lowest BCUT2D eigenvalue weighted by Gasteiger charge is -2.04. The van der Waals surface area contributed by atoms with E-state index in [4.69, 9.17) is 12.2 Å². The molecule has 0 radical (unpaired) electrons. The van der Waals surface area contributed by atoms with Crippen molar-refractivity contribution in [2.45, 2.75) is 53.0 Å². The maximum atomic E-state index is 5.07. The molecule has 2 aromatic heterocycles. The summed E-state index contributed by atoms with van der Waals surface area (Å²) in [5.74, 6) is 0. The first-order chi connectivity index (χ1) is 9.11. The second-order valence-corrected chi connectivity index (χ2v) is 6.51. The Labute approximate surface area is 122 Å². The van der Waals surface area contributed by atoms with Crippen molar-refractivity contribution in [1.29, 1.82) is 0 Å². The zero-order valence-electron chi connectivity index (χ0n) is 11.7. The molecule has 4 nitrogen and oxygen atoms in total. The van der Waals surface area contributed by atoms with E-state index in [1.54, 1.807) is 11.3 Å². The average molecular weight is 296 g/mol. The molecule has 2 heterocycles. The zero-order chi connectivity index (χ0) is 13.8. The fraction of sp³-hybridized carbons (Fsp3) is 0.615. The highest BCUT2D eigenvalue weighted by atomic mass is 32.1.